The predicted molar refractivity (Wildman–Crippen MR) is 156 cm³/mol. The Bertz CT molecular complexity index is 1150. The maximum Gasteiger partial charge on any atom is 0.229 e. The largest absolute Gasteiger partial charge is 0.497 e. The topological polar surface area (TPSA) is 61.9 Å². The average Bonchev–Trinajstić information content (AvgIpc) is 3.24. The van der Waals surface area contributed by atoms with Crippen LogP contribution in [0.15, 0.2) is 78.9 Å². The summed E-state index contributed by atoms with van der Waals surface area (Å²) in [6.07, 6.45) is 7.35. The van der Waals surface area contributed by atoms with Gasteiger partial charge in [-0.25, -0.2) is 0 Å². The molecule has 2 aromatic rings. The van der Waals surface area contributed by atoms with Gasteiger partial charge >= 0.3 is 0 Å². The van der Waals surface area contributed by atoms with Gasteiger partial charge in [-0.1, -0.05) is 66.8 Å². The molecule has 2 saturated heterocycles. The lowest BCUT2D eigenvalue weighted by Gasteiger charge is -2.38. The Hall–Kier alpha value is -3.38. The first kappa shape index (κ1) is 28.6. The summed E-state index contributed by atoms with van der Waals surface area (Å²) in [6, 6.07) is 17.8. The number of hydrogen-bond acceptors (Lipinski definition) is 4. The number of ether oxygens (including phenoxy) is 1. The molecule has 2 aliphatic rings. The fourth-order valence-electron chi connectivity index (χ4n) is 5.89. The summed E-state index contributed by atoms with van der Waals surface area (Å²) in [4.78, 5) is 31.3. The first-order valence-electron chi connectivity index (χ1n) is 14.1. The van der Waals surface area contributed by atoms with E-state index in [1.54, 1.807) is 7.11 Å². The van der Waals surface area contributed by atoms with Crippen molar-refractivity contribution >= 4 is 11.8 Å². The van der Waals surface area contributed by atoms with Crippen LogP contribution in [0.1, 0.15) is 56.6 Å². The molecule has 39 heavy (non-hydrogen) atoms. The van der Waals surface area contributed by atoms with E-state index in [2.05, 4.69) is 16.8 Å². The normalized spacial score (nSPS) is 18.8. The second-order valence-electron chi connectivity index (χ2n) is 11.1. The van der Waals surface area contributed by atoms with E-state index in [-0.39, 0.29) is 23.3 Å². The van der Waals surface area contributed by atoms with Crippen molar-refractivity contribution in [3.8, 4) is 5.75 Å². The van der Waals surface area contributed by atoms with Crippen molar-refractivity contribution < 1.29 is 14.3 Å². The van der Waals surface area contributed by atoms with Crippen LogP contribution in [0.4, 0.5) is 0 Å². The van der Waals surface area contributed by atoms with E-state index in [0.717, 1.165) is 74.3 Å². The molecular formula is C33H43N3O3. The van der Waals surface area contributed by atoms with Crippen LogP contribution < -0.4 is 10.1 Å². The smallest absolute Gasteiger partial charge is 0.229 e. The number of carbonyl (C=O) groups excluding carboxylic acids is 2. The molecule has 0 aliphatic carbocycles. The van der Waals surface area contributed by atoms with Crippen LogP contribution in [0.5, 0.6) is 5.75 Å². The molecule has 2 amide bonds. The first-order chi connectivity index (χ1) is 18.8. The van der Waals surface area contributed by atoms with Crippen LogP contribution in [-0.2, 0) is 16.1 Å². The van der Waals surface area contributed by atoms with Crippen LogP contribution >= 0.6 is 0 Å². The number of likely N-dealkylation sites (tertiary alicyclic amines) is 2. The van der Waals surface area contributed by atoms with Crippen molar-refractivity contribution in [1.82, 2.24) is 15.1 Å². The van der Waals surface area contributed by atoms with Crippen molar-refractivity contribution in [3.05, 3.63) is 90.0 Å². The molecule has 208 valence electrons. The fourth-order valence-corrected chi connectivity index (χ4v) is 5.89. The predicted octanol–water partition coefficient (Wildman–Crippen LogP) is 5.32. The van der Waals surface area contributed by atoms with Gasteiger partial charge in [-0.05, 0) is 82.4 Å². The van der Waals surface area contributed by atoms with E-state index in [4.69, 9.17) is 4.74 Å². The van der Waals surface area contributed by atoms with E-state index in [9.17, 15) is 9.59 Å². The van der Waals surface area contributed by atoms with Crippen molar-refractivity contribution in [2.45, 2.75) is 58.0 Å². The van der Waals surface area contributed by atoms with Gasteiger partial charge in [0.25, 0.3) is 0 Å². The fraction of sp³-hybridized carbons (Fsp3) is 0.455. The molecule has 6 heteroatoms. The number of hydrogen-bond donors (Lipinski definition) is 1. The third-order valence-corrected chi connectivity index (χ3v) is 8.41. The zero-order valence-electron chi connectivity index (χ0n) is 23.7. The van der Waals surface area contributed by atoms with Gasteiger partial charge < -0.3 is 19.9 Å². The average molecular weight is 530 g/mol. The van der Waals surface area contributed by atoms with E-state index in [1.807, 2.05) is 85.5 Å². The summed E-state index contributed by atoms with van der Waals surface area (Å²) in [6.45, 7) is 12.0. The standard InChI is InChI=1S/C33H43N3O3/c1-5-9-30(25(2)3)34-31(37)29(27-10-7-6-8-11-27)16-20-35-21-17-33(18-22-35)19-23-36(32(33)38)24-26-12-14-28(39-4)15-13-26/h5-15,29-30H,2,16-24H2,1,3-4H3,(H,34,37)/b9-5+. The highest BCUT2D eigenvalue weighted by atomic mass is 16.5. The van der Waals surface area contributed by atoms with Crippen molar-refractivity contribution in [1.29, 1.82) is 0 Å². The van der Waals surface area contributed by atoms with Gasteiger partial charge in [0, 0.05) is 13.1 Å². The number of rotatable bonds is 11. The van der Waals surface area contributed by atoms with E-state index < -0.39 is 0 Å². The number of nitrogens with one attached hydrogen (secondary N) is 1. The molecule has 2 heterocycles. The molecule has 1 spiro atoms. The van der Waals surface area contributed by atoms with E-state index in [0.29, 0.717) is 12.5 Å². The van der Waals surface area contributed by atoms with Gasteiger partial charge in [-0.2, -0.15) is 0 Å². The lowest BCUT2D eigenvalue weighted by atomic mass is 9.77. The highest BCUT2D eigenvalue weighted by molar-refractivity contribution is 5.85. The molecule has 4 rings (SSSR count). The summed E-state index contributed by atoms with van der Waals surface area (Å²) in [7, 11) is 1.66. The minimum Gasteiger partial charge on any atom is -0.497 e. The van der Waals surface area contributed by atoms with Gasteiger partial charge in [0.2, 0.25) is 11.8 Å². The number of benzene rings is 2. The highest BCUT2D eigenvalue weighted by Gasteiger charge is 2.47. The Kier molecular flexibility index (Phi) is 9.63. The SMILES string of the molecule is C=C(C)C(/C=C/C)NC(=O)C(CCN1CCC2(CC1)CCN(Cc1ccc(OC)cc1)C2=O)c1ccccc1. The van der Waals surface area contributed by atoms with Gasteiger partial charge in [0.1, 0.15) is 5.75 Å². The first-order valence-corrected chi connectivity index (χ1v) is 14.1. The zero-order chi connectivity index (χ0) is 27.8. The van der Waals surface area contributed by atoms with Gasteiger partial charge in [-0.3, -0.25) is 9.59 Å². The quantitative estimate of drug-likeness (QED) is 0.400. The second kappa shape index (κ2) is 13.1. The number of methoxy groups -OCH3 is 1. The molecule has 2 aliphatic heterocycles. The summed E-state index contributed by atoms with van der Waals surface area (Å²) in [5, 5.41) is 3.18. The molecule has 0 aromatic heterocycles. The van der Waals surface area contributed by atoms with Crippen LogP contribution in [0.2, 0.25) is 0 Å². The molecule has 2 atom stereocenters. The Morgan fingerprint density at radius 1 is 1.08 bits per heavy atom. The molecular weight excluding hydrogens is 486 g/mol. The van der Waals surface area contributed by atoms with Gasteiger partial charge in [-0.15, -0.1) is 0 Å². The monoisotopic (exact) mass is 529 g/mol. The summed E-state index contributed by atoms with van der Waals surface area (Å²) >= 11 is 0. The third kappa shape index (κ3) is 6.99. The number of allylic oxidation sites excluding steroid dienone is 1. The lowest BCUT2D eigenvalue weighted by molar-refractivity contribution is -0.138. The Balaban J connectivity index is 1.33. The maximum absolute atomic E-state index is 13.5. The van der Waals surface area contributed by atoms with Gasteiger partial charge in [0.15, 0.2) is 0 Å². The van der Waals surface area contributed by atoms with Crippen molar-refractivity contribution in [2.24, 2.45) is 5.41 Å². The minimum atomic E-state index is -0.236. The van der Waals surface area contributed by atoms with Gasteiger partial charge in [0.05, 0.1) is 24.5 Å². The van der Waals surface area contributed by atoms with Crippen molar-refractivity contribution in [2.75, 3.05) is 33.3 Å². The second-order valence-corrected chi connectivity index (χ2v) is 11.1. The molecule has 6 nitrogen and oxygen atoms in total. The number of nitrogens with zero attached hydrogens (tertiary/aromatic N) is 2. The van der Waals surface area contributed by atoms with E-state index in [1.165, 1.54) is 0 Å². The zero-order valence-corrected chi connectivity index (χ0v) is 23.7. The van der Waals surface area contributed by atoms with Crippen LogP contribution in [0.3, 0.4) is 0 Å². The maximum atomic E-state index is 13.5. The molecule has 0 bridgehead atoms. The Morgan fingerprint density at radius 2 is 1.74 bits per heavy atom. The molecule has 2 aromatic carbocycles. The third-order valence-electron chi connectivity index (χ3n) is 8.41. The molecule has 2 fully saturated rings. The molecule has 0 saturated carbocycles. The number of amides is 2. The van der Waals surface area contributed by atoms with Crippen LogP contribution in [-0.4, -0.2) is 60.9 Å². The number of piperidine rings is 1. The summed E-state index contributed by atoms with van der Waals surface area (Å²) in [5.41, 5.74) is 2.84. The lowest BCUT2D eigenvalue weighted by Crippen LogP contribution is -2.45. The molecule has 0 radical (unpaired) electrons. The van der Waals surface area contributed by atoms with Crippen molar-refractivity contribution in [3.63, 3.8) is 0 Å². The molecule has 1 N–H and O–H groups in total. The van der Waals surface area contributed by atoms with Crippen LogP contribution in [0.25, 0.3) is 0 Å². The van der Waals surface area contributed by atoms with Crippen LogP contribution in [0, 0.1) is 5.41 Å². The Labute approximate surface area is 233 Å². The molecule has 2 unspecified atom stereocenters. The summed E-state index contributed by atoms with van der Waals surface area (Å²) in [5.74, 6) is 0.924. The highest BCUT2D eigenvalue weighted by Crippen LogP contribution is 2.42. The minimum absolute atomic E-state index is 0.0286. The summed E-state index contributed by atoms with van der Waals surface area (Å²) < 4.78 is 5.26. The van der Waals surface area contributed by atoms with E-state index >= 15 is 0 Å². The number of carbonyl (C=O) groups is 2. The Morgan fingerprint density at radius 3 is 2.36 bits per heavy atom.